The molecule has 0 aromatic heterocycles. The van der Waals surface area contributed by atoms with Crippen LogP contribution in [0.15, 0.2) is 0 Å². The number of carboxylic acid groups (broad SMARTS) is 1. The van der Waals surface area contributed by atoms with Gasteiger partial charge in [-0.15, -0.1) is 0 Å². The molecule has 0 rings (SSSR count). The maximum Gasteiger partial charge on any atom is 0.326 e. The summed E-state index contributed by atoms with van der Waals surface area (Å²) in [5.74, 6) is -4.11. The Hall–Kier alpha value is -1.99. The standard InChI is InChI=1S/C14H25N5O6S2/c1-6(11(21)18-8(14(24)25)2-3-10(16)20)17-13(23)9(5-27)19-12(22)7(15)4-26/h6-9,26-27H,2-5,15H2,1H3,(H2,16,20)(H,17,23)(H,18,21)(H,19,22)(H,24,25). The lowest BCUT2D eigenvalue weighted by Crippen LogP contribution is -2.57. The summed E-state index contributed by atoms with van der Waals surface area (Å²) in [7, 11) is 0. The van der Waals surface area contributed by atoms with Crippen molar-refractivity contribution in [3.05, 3.63) is 0 Å². The molecule has 4 amide bonds. The molecule has 8 N–H and O–H groups in total. The minimum absolute atomic E-state index is 0.0540. The highest BCUT2D eigenvalue weighted by atomic mass is 32.1. The number of hydrogen-bond donors (Lipinski definition) is 8. The Balaban J connectivity index is 4.77. The maximum absolute atomic E-state index is 12.2. The van der Waals surface area contributed by atoms with Gasteiger partial charge in [0.15, 0.2) is 0 Å². The van der Waals surface area contributed by atoms with E-state index in [-0.39, 0.29) is 24.3 Å². The minimum Gasteiger partial charge on any atom is -0.480 e. The van der Waals surface area contributed by atoms with E-state index in [1.165, 1.54) is 6.92 Å². The second kappa shape index (κ2) is 12.4. The lowest BCUT2D eigenvalue weighted by atomic mass is 10.1. The average molecular weight is 424 g/mol. The molecule has 11 nitrogen and oxygen atoms in total. The molecule has 4 unspecified atom stereocenters. The normalized spacial score (nSPS) is 15.0. The molecule has 154 valence electrons. The van der Waals surface area contributed by atoms with Crippen molar-refractivity contribution in [2.45, 2.75) is 43.9 Å². The van der Waals surface area contributed by atoms with Gasteiger partial charge in [0.2, 0.25) is 23.6 Å². The Bertz CT molecular complexity index is 576. The van der Waals surface area contributed by atoms with Crippen LogP contribution < -0.4 is 27.4 Å². The van der Waals surface area contributed by atoms with Gasteiger partial charge in [0, 0.05) is 17.9 Å². The van der Waals surface area contributed by atoms with Gasteiger partial charge in [-0.2, -0.15) is 25.3 Å². The lowest BCUT2D eigenvalue weighted by Gasteiger charge is -2.22. The van der Waals surface area contributed by atoms with Crippen LogP contribution in [0.1, 0.15) is 19.8 Å². The molecule has 27 heavy (non-hydrogen) atoms. The number of thiol groups is 2. The van der Waals surface area contributed by atoms with E-state index in [1.807, 2.05) is 0 Å². The quantitative estimate of drug-likeness (QED) is 0.153. The molecule has 0 bridgehead atoms. The number of rotatable bonds is 12. The van der Waals surface area contributed by atoms with Gasteiger partial charge in [-0.05, 0) is 13.3 Å². The van der Waals surface area contributed by atoms with Crippen LogP contribution in [0.25, 0.3) is 0 Å². The van der Waals surface area contributed by atoms with Gasteiger partial charge < -0.3 is 32.5 Å². The molecule has 13 heteroatoms. The fourth-order valence-electron chi connectivity index (χ4n) is 1.78. The molecule has 0 radical (unpaired) electrons. The summed E-state index contributed by atoms with van der Waals surface area (Å²) >= 11 is 7.86. The smallest absolute Gasteiger partial charge is 0.326 e. The van der Waals surface area contributed by atoms with E-state index in [2.05, 4.69) is 41.2 Å². The van der Waals surface area contributed by atoms with Gasteiger partial charge in [-0.25, -0.2) is 4.79 Å². The van der Waals surface area contributed by atoms with Gasteiger partial charge >= 0.3 is 5.97 Å². The molecular formula is C14H25N5O6S2. The fourth-order valence-corrected chi connectivity index (χ4v) is 2.20. The number of amides is 4. The first kappa shape index (κ1) is 25.0. The number of aliphatic carboxylic acids is 1. The molecular weight excluding hydrogens is 398 g/mol. The van der Waals surface area contributed by atoms with Gasteiger partial charge in [0.25, 0.3) is 0 Å². The minimum atomic E-state index is -1.34. The van der Waals surface area contributed by atoms with Gasteiger partial charge in [-0.3, -0.25) is 19.2 Å². The van der Waals surface area contributed by atoms with E-state index in [1.54, 1.807) is 0 Å². The van der Waals surface area contributed by atoms with Crippen molar-refractivity contribution in [2.75, 3.05) is 11.5 Å². The zero-order chi connectivity index (χ0) is 21.1. The van der Waals surface area contributed by atoms with Crippen molar-refractivity contribution in [3.8, 4) is 0 Å². The first-order valence-corrected chi connectivity index (χ1v) is 9.19. The van der Waals surface area contributed by atoms with Crippen LogP contribution in [-0.4, -0.2) is 70.4 Å². The Labute approximate surface area is 167 Å². The van der Waals surface area contributed by atoms with Crippen molar-refractivity contribution in [1.29, 1.82) is 0 Å². The number of hydrogen-bond acceptors (Lipinski definition) is 8. The number of carbonyl (C=O) groups excluding carboxylic acids is 4. The van der Waals surface area contributed by atoms with Crippen molar-refractivity contribution in [2.24, 2.45) is 11.5 Å². The van der Waals surface area contributed by atoms with Crippen LogP contribution in [0, 0.1) is 0 Å². The molecule has 0 saturated heterocycles. The van der Waals surface area contributed by atoms with E-state index in [9.17, 15) is 24.0 Å². The van der Waals surface area contributed by atoms with Crippen LogP contribution in [0.4, 0.5) is 0 Å². The molecule has 0 fully saturated rings. The Morgan fingerprint density at radius 1 is 0.926 bits per heavy atom. The molecule has 0 spiro atoms. The van der Waals surface area contributed by atoms with Gasteiger partial charge in [-0.1, -0.05) is 0 Å². The number of carboxylic acids is 1. The zero-order valence-electron chi connectivity index (χ0n) is 14.7. The number of nitrogens with two attached hydrogens (primary N) is 2. The number of primary amides is 1. The van der Waals surface area contributed by atoms with Crippen molar-refractivity contribution in [1.82, 2.24) is 16.0 Å². The third-order valence-corrected chi connectivity index (χ3v) is 4.15. The molecule has 0 aliphatic rings. The van der Waals surface area contributed by atoms with Crippen molar-refractivity contribution < 1.29 is 29.1 Å². The van der Waals surface area contributed by atoms with Crippen LogP contribution in [0.3, 0.4) is 0 Å². The summed E-state index contributed by atoms with van der Waals surface area (Å²) in [6.45, 7) is 1.33. The predicted molar refractivity (Wildman–Crippen MR) is 103 cm³/mol. The van der Waals surface area contributed by atoms with Gasteiger partial charge in [0.05, 0.1) is 6.04 Å². The number of nitrogens with one attached hydrogen (secondary N) is 3. The van der Waals surface area contributed by atoms with E-state index >= 15 is 0 Å². The molecule has 0 aromatic rings. The van der Waals surface area contributed by atoms with E-state index in [4.69, 9.17) is 16.6 Å². The molecule has 0 aromatic carbocycles. The highest BCUT2D eigenvalue weighted by Gasteiger charge is 2.27. The summed E-state index contributed by atoms with van der Waals surface area (Å²) in [5, 5.41) is 16.0. The SMILES string of the molecule is CC(NC(=O)C(CS)NC(=O)C(N)CS)C(=O)NC(CCC(N)=O)C(=O)O. The summed E-state index contributed by atoms with van der Waals surface area (Å²) in [6.07, 6.45) is -0.412. The second-order valence-electron chi connectivity index (χ2n) is 5.67. The predicted octanol–water partition coefficient (Wildman–Crippen LogP) is -3.00. The zero-order valence-corrected chi connectivity index (χ0v) is 16.5. The molecule has 0 saturated carbocycles. The Morgan fingerprint density at radius 2 is 1.48 bits per heavy atom. The summed E-state index contributed by atoms with van der Waals surface area (Å²) in [6, 6.07) is -4.40. The Kier molecular flexibility index (Phi) is 11.5. The number of carbonyl (C=O) groups is 5. The largest absolute Gasteiger partial charge is 0.480 e. The summed E-state index contributed by atoms with van der Waals surface area (Å²) in [4.78, 5) is 57.9. The molecule has 0 aliphatic carbocycles. The fraction of sp³-hybridized carbons (Fsp3) is 0.643. The first-order chi connectivity index (χ1) is 12.5. The molecule has 0 aliphatic heterocycles. The Morgan fingerprint density at radius 3 is 1.93 bits per heavy atom. The summed E-state index contributed by atoms with van der Waals surface area (Å²) < 4.78 is 0. The third-order valence-electron chi connectivity index (χ3n) is 3.40. The second-order valence-corrected chi connectivity index (χ2v) is 6.40. The first-order valence-electron chi connectivity index (χ1n) is 7.93. The van der Waals surface area contributed by atoms with Crippen molar-refractivity contribution in [3.63, 3.8) is 0 Å². The van der Waals surface area contributed by atoms with Gasteiger partial charge in [0.1, 0.15) is 18.1 Å². The van der Waals surface area contributed by atoms with Crippen LogP contribution in [0.5, 0.6) is 0 Å². The molecule has 0 heterocycles. The van der Waals surface area contributed by atoms with E-state index in [0.29, 0.717) is 0 Å². The third kappa shape index (κ3) is 9.49. The maximum atomic E-state index is 12.2. The lowest BCUT2D eigenvalue weighted by molar-refractivity contribution is -0.142. The van der Waals surface area contributed by atoms with Crippen LogP contribution in [0.2, 0.25) is 0 Å². The molecule has 4 atom stereocenters. The highest BCUT2D eigenvalue weighted by molar-refractivity contribution is 7.80. The van der Waals surface area contributed by atoms with E-state index in [0.717, 1.165) is 0 Å². The highest BCUT2D eigenvalue weighted by Crippen LogP contribution is 1.99. The van der Waals surface area contributed by atoms with Crippen LogP contribution >= 0.6 is 25.3 Å². The summed E-state index contributed by atoms with van der Waals surface area (Å²) in [5.41, 5.74) is 10.5. The average Bonchev–Trinajstić information content (AvgIpc) is 2.60. The van der Waals surface area contributed by atoms with E-state index < -0.39 is 53.8 Å². The topological polar surface area (TPSA) is 194 Å². The van der Waals surface area contributed by atoms with Crippen molar-refractivity contribution >= 4 is 54.9 Å². The monoisotopic (exact) mass is 423 g/mol. The van der Waals surface area contributed by atoms with Crippen LogP contribution in [-0.2, 0) is 24.0 Å².